The molecule has 5 nitrogen and oxygen atoms in total. The van der Waals surface area contributed by atoms with E-state index in [4.69, 9.17) is 20.6 Å². The monoisotopic (exact) mass is 369 g/mol. The van der Waals surface area contributed by atoms with Crippen LogP contribution in [0.3, 0.4) is 0 Å². The number of terminal acetylenes is 1. The Labute approximate surface area is 161 Å². The third-order valence-electron chi connectivity index (χ3n) is 4.05. The molecule has 0 aliphatic carbocycles. The number of carbonyl (C=O) groups excluding carboxylic acids is 1. The number of nitrogens with one attached hydrogen (secondary N) is 1. The maximum absolute atomic E-state index is 12.6. The fourth-order valence-corrected chi connectivity index (χ4v) is 2.70. The summed E-state index contributed by atoms with van der Waals surface area (Å²) in [5, 5.41) is 5.01. The molecule has 2 aromatic rings. The fraction of sp³-hybridized carbons (Fsp3) is 0.409. The number of benzene rings is 2. The Morgan fingerprint density at radius 3 is 2.63 bits per heavy atom. The van der Waals surface area contributed by atoms with Crippen LogP contribution in [0.2, 0.25) is 0 Å². The van der Waals surface area contributed by atoms with Crippen molar-refractivity contribution in [2.45, 2.75) is 38.8 Å². The highest BCUT2D eigenvalue weighted by molar-refractivity contribution is 5.86. The highest BCUT2D eigenvalue weighted by Crippen LogP contribution is 2.23. The van der Waals surface area contributed by atoms with Crippen LogP contribution >= 0.6 is 0 Å². The first-order chi connectivity index (χ1) is 12.9. The van der Waals surface area contributed by atoms with Gasteiger partial charge in [0.2, 0.25) is 0 Å². The van der Waals surface area contributed by atoms with Crippen LogP contribution in [0, 0.1) is 12.3 Å². The van der Waals surface area contributed by atoms with Crippen molar-refractivity contribution >= 4 is 16.7 Å². The summed E-state index contributed by atoms with van der Waals surface area (Å²) in [5.74, 6) is 3.08. The number of amides is 1. The Morgan fingerprint density at radius 2 is 1.96 bits per heavy atom. The summed E-state index contributed by atoms with van der Waals surface area (Å²) in [7, 11) is 1.56. The van der Waals surface area contributed by atoms with Crippen LogP contribution in [-0.2, 0) is 14.3 Å². The summed E-state index contributed by atoms with van der Waals surface area (Å²) in [6.07, 6.45) is 5.42. The Balaban J connectivity index is 2.08. The number of methoxy groups -OCH3 is 1. The molecule has 0 spiro atoms. The average molecular weight is 369 g/mol. The van der Waals surface area contributed by atoms with E-state index in [1.807, 2.05) is 57.2 Å². The van der Waals surface area contributed by atoms with Crippen LogP contribution in [0.4, 0.5) is 0 Å². The van der Waals surface area contributed by atoms with Gasteiger partial charge in [-0.1, -0.05) is 25.0 Å². The summed E-state index contributed by atoms with van der Waals surface area (Å²) in [6, 6.07) is 11.5. The third kappa shape index (κ3) is 5.99. The Bertz CT molecular complexity index is 823. The molecule has 0 radical (unpaired) electrons. The molecule has 1 amide bonds. The van der Waals surface area contributed by atoms with Crippen LogP contribution in [0.5, 0.6) is 5.75 Å². The van der Waals surface area contributed by atoms with Crippen molar-refractivity contribution in [3.63, 3.8) is 0 Å². The number of ether oxygens (including phenoxy) is 3. The lowest BCUT2D eigenvalue weighted by Crippen LogP contribution is -2.51. The van der Waals surface area contributed by atoms with Gasteiger partial charge in [-0.2, -0.15) is 0 Å². The number of hydrogen-bond acceptors (Lipinski definition) is 4. The molecule has 2 rings (SSSR count). The molecule has 0 saturated heterocycles. The quantitative estimate of drug-likeness (QED) is 0.418. The van der Waals surface area contributed by atoms with E-state index in [1.165, 1.54) is 0 Å². The van der Waals surface area contributed by atoms with Crippen molar-refractivity contribution in [3.8, 4) is 18.1 Å². The maximum Gasteiger partial charge on any atom is 0.261 e. The molecule has 1 atom stereocenters. The van der Waals surface area contributed by atoms with Crippen LogP contribution in [0.15, 0.2) is 36.4 Å². The van der Waals surface area contributed by atoms with Gasteiger partial charge in [0, 0.05) is 12.7 Å². The summed E-state index contributed by atoms with van der Waals surface area (Å²) in [6.45, 7) is 6.23. The van der Waals surface area contributed by atoms with Crippen molar-refractivity contribution in [3.05, 3.63) is 42.0 Å². The van der Waals surface area contributed by atoms with E-state index >= 15 is 0 Å². The van der Waals surface area contributed by atoms with Gasteiger partial charge in [0.05, 0.1) is 12.1 Å². The molecule has 1 N–H and O–H groups in total. The minimum absolute atomic E-state index is 0.180. The second-order valence-electron chi connectivity index (χ2n) is 7.01. The molecule has 27 heavy (non-hydrogen) atoms. The highest BCUT2D eigenvalue weighted by Gasteiger charge is 2.26. The van der Waals surface area contributed by atoms with Gasteiger partial charge in [-0.25, -0.2) is 0 Å². The first kappa shape index (κ1) is 20.8. The maximum atomic E-state index is 12.6. The number of rotatable bonds is 9. The predicted octanol–water partition coefficient (Wildman–Crippen LogP) is 3.49. The average Bonchev–Trinajstić information content (AvgIpc) is 2.65. The summed E-state index contributed by atoms with van der Waals surface area (Å²) < 4.78 is 16.2. The Kier molecular flexibility index (Phi) is 7.23. The van der Waals surface area contributed by atoms with E-state index in [2.05, 4.69) is 11.2 Å². The van der Waals surface area contributed by atoms with Crippen molar-refractivity contribution in [1.82, 2.24) is 5.32 Å². The molecule has 0 bridgehead atoms. The second-order valence-corrected chi connectivity index (χ2v) is 7.01. The standard InChI is InChI=1S/C22H27NO4/c1-6-16-8-9-17-10-11-19(13-18(17)12-16)27-20(7-2)21(24)23-22(3,4)14-26-15-25-5/h1,8-13,20H,7,14-15H2,2-5H3,(H,23,24). The molecule has 0 aliphatic rings. The minimum Gasteiger partial charge on any atom is -0.481 e. The zero-order chi connectivity index (χ0) is 19.9. The van der Waals surface area contributed by atoms with Gasteiger partial charge in [0.1, 0.15) is 12.5 Å². The molecule has 1 unspecified atom stereocenters. The number of carbonyl (C=O) groups is 1. The van der Waals surface area contributed by atoms with Crippen molar-refractivity contribution in [1.29, 1.82) is 0 Å². The molecule has 0 aliphatic heterocycles. The fourth-order valence-electron chi connectivity index (χ4n) is 2.70. The van der Waals surface area contributed by atoms with Gasteiger partial charge in [0.15, 0.2) is 6.10 Å². The van der Waals surface area contributed by atoms with E-state index in [-0.39, 0.29) is 12.7 Å². The molecule has 0 heterocycles. The summed E-state index contributed by atoms with van der Waals surface area (Å²) in [5.41, 5.74) is 0.277. The van der Waals surface area contributed by atoms with Gasteiger partial charge >= 0.3 is 0 Å². The highest BCUT2D eigenvalue weighted by atomic mass is 16.7. The van der Waals surface area contributed by atoms with E-state index < -0.39 is 11.6 Å². The lowest BCUT2D eigenvalue weighted by atomic mass is 10.1. The Hall–Kier alpha value is -2.55. The first-order valence-electron chi connectivity index (χ1n) is 8.94. The minimum atomic E-state index is -0.597. The lowest BCUT2D eigenvalue weighted by molar-refractivity contribution is -0.131. The van der Waals surface area contributed by atoms with E-state index in [0.717, 1.165) is 16.3 Å². The first-order valence-corrected chi connectivity index (χ1v) is 8.94. The molecule has 0 aromatic heterocycles. The number of fused-ring (bicyclic) bond motifs is 1. The molecular formula is C22H27NO4. The zero-order valence-electron chi connectivity index (χ0n) is 16.4. The second kappa shape index (κ2) is 9.40. The molecule has 2 aromatic carbocycles. The van der Waals surface area contributed by atoms with Gasteiger partial charge in [-0.3, -0.25) is 4.79 Å². The zero-order valence-corrected chi connectivity index (χ0v) is 16.4. The molecular weight excluding hydrogens is 342 g/mol. The van der Waals surface area contributed by atoms with Crippen LogP contribution < -0.4 is 10.1 Å². The Morgan fingerprint density at radius 1 is 1.22 bits per heavy atom. The van der Waals surface area contributed by atoms with Gasteiger partial charge in [0.25, 0.3) is 5.91 Å². The normalized spacial score (nSPS) is 12.4. The molecule has 0 fully saturated rings. The van der Waals surface area contributed by atoms with Gasteiger partial charge in [-0.05, 0) is 55.3 Å². The van der Waals surface area contributed by atoms with Gasteiger partial charge in [-0.15, -0.1) is 6.42 Å². The van der Waals surface area contributed by atoms with Gasteiger partial charge < -0.3 is 19.5 Å². The smallest absolute Gasteiger partial charge is 0.261 e. The topological polar surface area (TPSA) is 56.8 Å². The molecule has 5 heteroatoms. The van der Waals surface area contributed by atoms with Crippen LogP contribution in [0.25, 0.3) is 10.8 Å². The molecule has 0 saturated carbocycles. The largest absolute Gasteiger partial charge is 0.481 e. The van der Waals surface area contributed by atoms with Crippen LogP contribution in [0.1, 0.15) is 32.8 Å². The van der Waals surface area contributed by atoms with Crippen molar-refractivity contribution in [2.24, 2.45) is 0 Å². The summed E-state index contributed by atoms with van der Waals surface area (Å²) >= 11 is 0. The number of hydrogen-bond donors (Lipinski definition) is 1. The van der Waals surface area contributed by atoms with Crippen molar-refractivity contribution < 1.29 is 19.0 Å². The SMILES string of the molecule is C#Cc1ccc2ccc(OC(CC)C(=O)NC(C)(C)COCOC)cc2c1. The predicted molar refractivity (Wildman–Crippen MR) is 107 cm³/mol. The molecule has 144 valence electrons. The third-order valence-corrected chi connectivity index (χ3v) is 4.05. The van der Waals surface area contributed by atoms with E-state index in [1.54, 1.807) is 7.11 Å². The van der Waals surface area contributed by atoms with E-state index in [0.29, 0.717) is 18.8 Å². The summed E-state index contributed by atoms with van der Waals surface area (Å²) in [4.78, 5) is 12.6. The van der Waals surface area contributed by atoms with Crippen molar-refractivity contribution in [2.75, 3.05) is 20.5 Å². The van der Waals surface area contributed by atoms with Crippen LogP contribution in [-0.4, -0.2) is 38.1 Å². The lowest BCUT2D eigenvalue weighted by Gasteiger charge is -2.28. The van der Waals surface area contributed by atoms with E-state index in [9.17, 15) is 4.79 Å².